The summed E-state index contributed by atoms with van der Waals surface area (Å²) in [7, 11) is 0. The molecule has 0 spiro atoms. The second-order valence-electron chi connectivity index (χ2n) is 9.94. The average Bonchev–Trinajstić information content (AvgIpc) is 3.53. The quantitative estimate of drug-likeness (QED) is 0.248. The van der Waals surface area contributed by atoms with E-state index in [-0.39, 0.29) is 30.1 Å². The molecule has 1 aliphatic heterocycles. The van der Waals surface area contributed by atoms with Gasteiger partial charge in [-0.3, -0.25) is 9.88 Å². The van der Waals surface area contributed by atoms with Gasteiger partial charge in [0.1, 0.15) is 5.82 Å². The molecule has 1 saturated heterocycles. The molecule has 0 aliphatic carbocycles. The van der Waals surface area contributed by atoms with Crippen LogP contribution in [0.2, 0.25) is 0 Å². The molecule has 41 heavy (non-hydrogen) atoms. The van der Waals surface area contributed by atoms with Gasteiger partial charge in [-0.1, -0.05) is 60.7 Å². The van der Waals surface area contributed by atoms with Crippen molar-refractivity contribution in [3.63, 3.8) is 0 Å². The number of hydrogen-bond donors (Lipinski definition) is 2. The predicted molar refractivity (Wildman–Crippen MR) is 138 cm³/mol. The fourth-order valence-electron chi connectivity index (χ4n) is 5.43. The van der Waals surface area contributed by atoms with Gasteiger partial charge in [0.25, 0.3) is 0 Å². The molecule has 0 radical (unpaired) electrons. The molecule has 0 amide bonds. The molecule has 216 valence electrons. The lowest BCUT2D eigenvalue weighted by atomic mass is 9.82. The Kier molecular flexibility index (Phi) is 8.05. The minimum atomic E-state index is -4.95. The van der Waals surface area contributed by atoms with E-state index in [1.54, 1.807) is 0 Å². The summed E-state index contributed by atoms with van der Waals surface area (Å²) in [6.45, 7) is 0.301. The number of nitrogens with zero attached hydrogens (tertiary/aromatic N) is 2. The molecule has 2 heterocycles. The van der Waals surface area contributed by atoms with Crippen LogP contribution in [0.4, 0.5) is 26.3 Å². The van der Waals surface area contributed by atoms with E-state index in [4.69, 9.17) is 4.74 Å². The van der Waals surface area contributed by atoms with Crippen molar-refractivity contribution in [3.05, 3.63) is 123 Å². The molecule has 6 nitrogen and oxygen atoms in total. The first-order chi connectivity index (χ1) is 19.5. The first-order valence-electron chi connectivity index (χ1n) is 12.9. The molecule has 4 aromatic rings. The Morgan fingerprint density at radius 1 is 0.878 bits per heavy atom. The molecule has 1 aliphatic rings. The normalized spacial score (nSPS) is 18.3. The third kappa shape index (κ3) is 6.71. The largest absolute Gasteiger partial charge is 0.416 e. The van der Waals surface area contributed by atoms with Crippen molar-refractivity contribution in [3.8, 4) is 0 Å². The molecule has 0 saturated carbocycles. The van der Waals surface area contributed by atoms with Crippen LogP contribution in [-0.2, 0) is 30.2 Å². The standard InChI is InChI=1S/C29H26F6N4O2/c30-28(31,32)21-13-18(14-22(15-21)29(33,34)35)17-41-23-11-12-39(16-24-36-27(40)38-37-24)26(23)25(19-7-3-1-4-8-19)20-9-5-2-6-10-20/h1-10,13-15,23,25-26H,11-12,16-17H2,(H2,36,37,38,40)/t23-,26+/m0/s1. The summed E-state index contributed by atoms with van der Waals surface area (Å²) in [6.07, 6.45) is -10.0. The highest BCUT2D eigenvalue weighted by atomic mass is 19.4. The monoisotopic (exact) mass is 576 g/mol. The molecule has 1 fully saturated rings. The zero-order chi connectivity index (χ0) is 29.2. The molecule has 2 atom stereocenters. The molecular weight excluding hydrogens is 550 g/mol. The number of alkyl halides is 6. The van der Waals surface area contributed by atoms with E-state index in [0.29, 0.717) is 30.9 Å². The third-order valence-corrected chi connectivity index (χ3v) is 7.18. The maximum Gasteiger partial charge on any atom is 0.416 e. The molecular formula is C29H26F6N4O2. The van der Waals surface area contributed by atoms with Crippen molar-refractivity contribution >= 4 is 0 Å². The number of hydrogen-bond acceptors (Lipinski definition) is 4. The number of nitrogens with one attached hydrogen (secondary N) is 2. The van der Waals surface area contributed by atoms with Gasteiger partial charge in [-0.25, -0.2) is 9.89 Å². The van der Waals surface area contributed by atoms with E-state index < -0.39 is 41.9 Å². The molecule has 5 rings (SSSR count). The zero-order valence-corrected chi connectivity index (χ0v) is 21.5. The van der Waals surface area contributed by atoms with E-state index in [9.17, 15) is 31.1 Å². The summed E-state index contributed by atoms with van der Waals surface area (Å²) in [5.41, 5.74) is -1.54. The molecule has 2 N–H and O–H groups in total. The van der Waals surface area contributed by atoms with Gasteiger partial charge in [0.05, 0.1) is 30.4 Å². The van der Waals surface area contributed by atoms with Gasteiger partial charge in [0, 0.05) is 18.5 Å². The number of aromatic amines is 2. The van der Waals surface area contributed by atoms with E-state index in [1.165, 1.54) is 0 Å². The van der Waals surface area contributed by atoms with E-state index >= 15 is 0 Å². The molecule has 12 heteroatoms. The van der Waals surface area contributed by atoms with Crippen LogP contribution < -0.4 is 5.69 Å². The van der Waals surface area contributed by atoms with Gasteiger partial charge >= 0.3 is 18.0 Å². The lowest BCUT2D eigenvalue weighted by Crippen LogP contribution is -2.41. The van der Waals surface area contributed by atoms with Crippen molar-refractivity contribution in [2.45, 2.75) is 50.0 Å². The van der Waals surface area contributed by atoms with Gasteiger partial charge in [0.15, 0.2) is 0 Å². The highest BCUT2D eigenvalue weighted by Crippen LogP contribution is 2.40. The minimum absolute atomic E-state index is 0.106. The number of benzene rings is 3. The Morgan fingerprint density at radius 3 is 1.93 bits per heavy atom. The van der Waals surface area contributed by atoms with Crippen LogP contribution in [0.3, 0.4) is 0 Å². The molecule has 3 aromatic carbocycles. The van der Waals surface area contributed by atoms with Gasteiger partial charge in [-0.2, -0.15) is 31.4 Å². The van der Waals surface area contributed by atoms with Crippen LogP contribution in [0.5, 0.6) is 0 Å². The van der Waals surface area contributed by atoms with Gasteiger partial charge in [-0.05, 0) is 41.3 Å². The smallest absolute Gasteiger partial charge is 0.372 e. The van der Waals surface area contributed by atoms with Crippen molar-refractivity contribution in [2.75, 3.05) is 6.54 Å². The second kappa shape index (κ2) is 11.5. The SMILES string of the molecule is O=c1[nH]nc(CN2CC[C@H](OCc3cc(C(F)(F)F)cc(C(F)(F)F)c3)[C@@H]2C(c2ccccc2)c2ccccc2)[nH]1. The fourth-order valence-corrected chi connectivity index (χ4v) is 5.43. The number of halogens is 6. The first kappa shape index (κ1) is 28.6. The Bertz CT molecular complexity index is 1430. The molecule has 0 unspecified atom stereocenters. The van der Waals surface area contributed by atoms with Crippen LogP contribution in [-0.4, -0.2) is 38.8 Å². The van der Waals surface area contributed by atoms with Crippen molar-refractivity contribution in [1.29, 1.82) is 0 Å². The number of likely N-dealkylation sites (tertiary alicyclic amines) is 1. The van der Waals surface area contributed by atoms with Gasteiger partial charge < -0.3 is 4.74 Å². The van der Waals surface area contributed by atoms with Crippen molar-refractivity contribution in [1.82, 2.24) is 20.1 Å². The summed E-state index contributed by atoms with van der Waals surface area (Å²) in [6, 6.07) is 20.3. The van der Waals surface area contributed by atoms with Crippen molar-refractivity contribution in [2.24, 2.45) is 0 Å². The number of aromatic nitrogens is 3. The minimum Gasteiger partial charge on any atom is -0.372 e. The van der Waals surface area contributed by atoms with E-state index in [1.807, 2.05) is 60.7 Å². The van der Waals surface area contributed by atoms with Crippen LogP contribution >= 0.6 is 0 Å². The fraction of sp³-hybridized carbons (Fsp3) is 0.310. The topological polar surface area (TPSA) is 74.0 Å². The van der Waals surface area contributed by atoms with Crippen LogP contribution in [0.25, 0.3) is 0 Å². The van der Waals surface area contributed by atoms with Gasteiger partial charge in [0.2, 0.25) is 0 Å². The van der Waals surface area contributed by atoms with Gasteiger partial charge in [-0.15, -0.1) is 0 Å². The van der Waals surface area contributed by atoms with E-state index in [0.717, 1.165) is 11.1 Å². The molecule has 0 bridgehead atoms. The zero-order valence-electron chi connectivity index (χ0n) is 21.5. The maximum atomic E-state index is 13.4. The number of rotatable bonds is 8. The average molecular weight is 577 g/mol. The maximum absolute atomic E-state index is 13.4. The summed E-state index contributed by atoms with van der Waals surface area (Å²) >= 11 is 0. The summed E-state index contributed by atoms with van der Waals surface area (Å²) in [5.74, 6) is 0.135. The summed E-state index contributed by atoms with van der Waals surface area (Å²) in [5, 5.41) is 6.35. The Balaban J connectivity index is 1.50. The summed E-state index contributed by atoms with van der Waals surface area (Å²) in [4.78, 5) is 16.4. The van der Waals surface area contributed by atoms with Crippen LogP contribution in [0.15, 0.2) is 83.7 Å². The first-order valence-corrected chi connectivity index (χ1v) is 12.9. The highest BCUT2D eigenvalue weighted by Gasteiger charge is 2.42. The molecule has 1 aromatic heterocycles. The Hall–Kier alpha value is -3.90. The van der Waals surface area contributed by atoms with Crippen LogP contribution in [0.1, 0.15) is 46.0 Å². The second-order valence-corrected chi connectivity index (χ2v) is 9.94. The van der Waals surface area contributed by atoms with E-state index in [2.05, 4.69) is 20.1 Å². The number of ether oxygens (including phenoxy) is 1. The highest BCUT2D eigenvalue weighted by molar-refractivity contribution is 5.36. The Morgan fingerprint density at radius 2 is 1.44 bits per heavy atom. The summed E-state index contributed by atoms with van der Waals surface area (Å²) < 4.78 is 86.7. The Labute approximate surface area is 231 Å². The third-order valence-electron chi connectivity index (χ3n) is 7.18. The van der Waals surface area contributed by atoms with Crippen molar-refractivity contribution < 1.29 is 31.1 Å². The predicted octanol–water partition coefficient (Wildman–Crippen LogP) is 6.13. The van der Waals surface area contributed by atoms with Crippen LogP contribution in [0, 0.1) is 0 Å². The lowest BCUT2D eigenvalue weighted by molar-refractivity contribution is -0.143. The lowest BCUT2D eigenvalue weighted by Gasteiger charge is -2.35. The number of H-pyrrole nitrogens is 2.